The number of benzene rings is 2. The molecule has 2 aliphatic rings. The maximum Gasteiger partial charge on any atom is 0.239 e. The van der Waals surface area contributed by atoms with Gasteiger partial charge in [0, 0.05) is 18.3 Å². The van der Waals surface area contributed by atoms with Crippen molar-refractivity contribution in [1.82, 2.24) is 4.90 Å². The standard InChI is InChI=1S/C25H22N4O2S/c1-25(21-12-19(14-32-21)16-5-3-4-15(10-16)13-26)22(23(30)29(2)24(27)28-25)18-6-7-20-17(11-18)8-9-31-20/h3-7,10-12,14,22H,8-9H2,1-2H3,(H2,27,28)/t22-,25-/m1/s1. The summed E-state index contributed by atoms with van der Waals surface area (Å²) >= 11 is 1.55. The van der Waals surface area contributed by atoms with E-state index in [1.165, 1.54) is 4.90 Å². The molecule has 160 valence electrons. The third-order valence-electron chi connectivity index (χ3n) is 6.30. The number of aliphatic imine (C=N–C) groups is 1. The summed E-state index contributed by atoms with van der Waals surface area (Å²) < 4.78 is 5.65. The molecule has 1 aromatic heterocycles. The van der Waals surface area contributed by atoms with Gasteiger partial charge in [0.05, 0.1) is 24.2 Å². The average Bonchev–Trinajstić information content (AvgIpc) is 3.47. The zero-order chi connectivity index (χ0) is 22.5. The Bertz CT molecular complexity index is 1310. The first-order valence-corrected chi connectivity index (χ1v) is 11.3. The molecule has 0 spiro atoms. The van der Waals surface area contributed by atoms with E-state index in [4.69, 9.17) is 15.5 Å². The predicted molar refractivity (Wildman–Crippen MR) is 125 cm³/mol. The van der Waals surface area contributed by atoms with Gasteiger partial charge in [0.2, 0.25) is 5.91 Å². The van der Waals surface area contributed by atoms with Gasteiger partial charge >= 0.3 is 0 Å². The molecule has 1 amide bonds. The normalized spacial score (nSPS) is 22.2. The third-order valence-corrected chi connectivity index (χ3v) is 7.46. The molecule has 32 heavy (non-hydrogen) atoms. The molecule has 2 atom stereocenters. The van der Waals surface area contributed by atoms with Crippen molar-refractivity contribution in [2.45, 2.75) is 24.8 Å². The Morgan fingerprint density at radius 3 is 2.91 bits per heavy atom. The van der Waals surface area contributed by atoms with Crippen LogP contribution in [0.3, 0.4) is 0 Å². The Balaban J connectivity index is 1.62. The van der Waals surface area contributed by atoms with Crippen molar-refractivity contribution in [1.29, 1.82) is 5.26 Å². The van der Waals surface area contributed by atoms with Crippen molar-refractivity contribution < 1.29 is 9.53 Å². The highest BCUT2D eigenvalue weighted by Gasteiger charge is 2.48. The lowest BCUT2D eigenvalue weighted by Crippen LogP contribution is -2.52. The SMILES string of the molecule is CN1C(=O)[C@@H](c2ccc3c(c2)CCO3)[C@@](C)(c2cc(-c3cccc(C#N)c3)cs2)N=C1N. The second-order valence-corrected chi connectivity index (χ2v) is 9.22. The number of hydrogen-bond acceptors (Lipinski definition) is 6. The minimum atomic E-state index is -0.850. The first-order chi connectivity index (χ1) is 15.4. The average molecular weight is 443 g/mol. The van der Waals surface area contributed by atoms with Crippen LogP contribution in [0.15, 0.2) is 58.9 Å². The van der Waals surface area contributed by atoms with Crippen LogP contribution in [-0.4, -0.2) is 30.4 Å². The van der Waals surface area contributed by atoms with E-state index in [0.29, 0.717) is 12.2 Å². The number of carbonyl (C=O) groups excluding carboxylic acids is 1. The van der Waals surface area contributed by atoms with Crippen molar-refractivity contribution in [3.63, 3.8) is 0 Å². The molecule has 3 aromatic rings. The number of nitrogens with zero attached hydrogens (tertiary/aromatic N) is 3. The summed E-state index contributed by atoms with van der Waals surface area (Å²) in [4.78, 5) is 20.7. The summed E-state index contributed by atoms with van der Waals surface area (Å²) in [5, 5.41) is 11.3. The van der Waals surface area contributed by atoms with Crippen molar-refractivity contribution in [3.05, 3.63) is 75.5 Å². The summed E-state index contributed by atoms with van der Waals surface area (Å²) in [7, 11) is 1.66. The van der Waals surface area contributed by atoms with Crippen LogP contribution in [0, 0.1) is 11.3 Å². The lowest BCUT2D eigenvalue weighted by atomic mass is 9.77. The molecule has 0 saturated carbocycles. The van der Waals surface area contributed by atoms with Crippen molar-refractivity contribution in [2.75, 3.05) is 13.7 Å². The van der Waals surface area contributed by atoms with E-state index in [-0.39, 0.29) is 11.9 Å². The van der Waals surface area contributed by atoms with Gasteiger partial charge in [0.1, 0.15) is 11.3 Å². The molecule has 0 aliphatic carbocycles. The number of carbonyl (C=O) groups is 1. The van der Waals surface area contributed by atoms with Gasteiger partial charge in [0.15, 0.2) is 5.96 Å². The quantitative estimate of drug-likeness (QED) is 0.663. The fraction of sp³-hybridized carbons (Fsp3) is 0.240. The second kappa shape index (κ2) is 7.50. The number of guanidine groups is 1. The molecule has 7 heteroatoms. The van der Waals surface area contributed by atoms with E-state index < -0.39 is 11.5 Å². The highest BCUT2D eigenvalue weighted by Crippen LogP contribution is 2.47. The fourth-order valence-corrected chi connectivity index (χ4v) is 5.55. The number of hydrogen-bond donors (Lipinski definition) is 1. The van der Waals surface area contributed by atoms with Gasteiger partial charge in [-0.25, -0.2) is 4.99 Å². The number of likely N-dealkylation sites (N-methyl/N-ethyl adjacent to an activating group) is 1. The van der Waals surface area contributed by atoms with E-state index in [9.17, 15) is 10.1 Å². The van der Waals surface area contributed by atoms with Gasteiger partial charge in [-0.3, -0.25) is 9.69 Å². The zero-order valence-electron chi connectivity index (χ0n) is 17.8. The second-order valence-electron chi connectivity index (χ2n) is 8.31. The van der Waals surface area contributed by atoms with Gasteiger partial charge in [-0.15, -0.1) is 11.3 Å². The lowest BCUT2D eigenvalue weighted by molar-refractivity contribution is -0.130. The molecule has 5 rings (SSSR count). The van der Waals surface area contributed by atoms with Crippen LogP contribution in [-0.2, 0) is 16.8 Å². The molecule has 2 N–H and O–H groups in total. The molecule has 3 heterocycles. The zero-order valence-corrected chi connectivity index (χ0v) is 18.6. The van der Waals surface area contributed by atoms with Gasteiger partial charge in [0.25, 0.3) is 0 Å². The maximum absolute atomic E-state index is 13.5. The highest BCUT2D eigenvalue weighted by molar-refractivity contribution is 7.10. The van der Waals surface area contributed by atoms with Crippen LogP contribution in [0.4, 0.5) is 0 Å². The third kappa shape index (κ3) is 3.15. The van der Waals surface area contributed by atoms with Crippen LogP contribution in [0.5, 0.6) is 5.75 Å². The molecule has 0 bridgehead atoms. The van der Waals surface area contributed by atoms with Crippen molar-refractivity contribution in [2.24, 2.45) is 10.7 Å². The monoisotopic (exact) mass is 442 g/mol. The summed E-state index contributed by atoms with van der Waals surface area (Å²) in [6.07, 6.45) is 0.834. The molecule has 2 aromatic carbocycles. The molecule has 6 nitrogen and oxygen atoms in total. The van der Waals surface area contributed by atoms with Gasteiger partial charge in [-0.05, 0) is 58.8 Å². The van der Waals surface area contributed by atoms with Gasteiger partial charge in [-0.1, -0.05) is 24.3 Å². The number of amides is 1. The van der Waals surface area contributed by atoms with E-state index in [0.717, 1.165) is 39.3 Å². The van der Waals surface area contributed by atoms with E-state index in [1.54, 1.807) is 24.5 Å². The Kier molecular flexibility index (Phi) is 4.75. The Hall–Kier alpha value is -3.63. The van der Waals surface area contributed by atoms with Gasteiger partial charge in [-0.2, -0.15) is 5.26 Å². The van der Waals surface area contributed by atoms with Crippen LogP contribution in [0.1, 0.15) is 34.4 Å². The summed E-state index contributed by atoms with van der Waals surface area (Å²) in [6, 6.07) is 17.7. The number of fused-ring (bicyclic) bond motifs is 1. The number of thiophene rings is 1. The van der Waals surface area contributed by atoms with Crippen molar-refractivity contribution in [3.8, 4) is 22.9 Å². The molecule has 0 fully saturated rings. The highest BCUT2D eigenvalue weighted by atomic mass is 32.1. The molecule has 2 aliphatic heterocycles. The van der Waals surface area contributed by atoms with Crippen LogP contribution in [0.25, 0.3) is 11.1 Å². The van der Waals surface area contributed by atoms with E-state index in [2.05, 4.69) is 18.2 Å². The summed E-state index contributed by atoms with van der Waals surface area (Å²) in [5.41, 5.74) is 9.90. The minimum Gasteiger partial charge on any atom is -0.493 e. The first kappa shape index (κ1) is 20.3. The molecular formula is C25H22N4O2S. The topological polar surface area (TPSA) is 91.7 Å². The molecule has 0 saturated heterocycles. The lowest BCUT2D eigenvalue weighted by Gasteiger charge is -2.40. The van der Waals surface area contributed by atoms with Crippen LogP contribution in [0.2, 0.25) is 0 Å². The number of nitriles is 1. The van der Waals surface area contributed by atoms with Crippen LogP contribution < -0.4 is 10.5 Å². The van der Waals surface area contributed by atoms with E-state index >= 15 is 0 Å². The number of rotatable bonds is 3. The van der Waals surface area contributed by atoms with Crippen molar-refractivity contribution >= 4 is 23.2 Å². The van der Waals surface area contributed by atoms with Crippen LogP contribution >= 0.6 is 11.3 Å². The molecule has 0 radical (unpaired) electrons. The summed E-state index contributed by atoms with van der Waals surface area (Å²) in [5.74, 6) is 0.494. The largest absolute Gasteiger partial charge is 0.493 e. The number of nitrogens with two attached hydrogens (primary N) is 1. The molecular weight excluding hydrogens is 420 g/mol. The Morgan fingerprint density at radius 2 is 2.09 bits per heavy atom. The van der Waals surface area contributed by atoms with E-state index in [1.807, 2.05) is 42.6 Å². The Morgan fingerprint density at radius 1 is 1.25 bits per heavy atom. The smallest absolute Gasteiger partial charge is 0.239 e. The maximum atomic E-state index is 13.5. The minimum absolute atomic E-state index is 0.0831. The fourth-order valence-electron chi connectivity index (χ4n) is 4.50. The summed E-state index contributed by atoms with van der Waals surface area (Å²) in [6.45, 7) is 2.64. The predicted octanol–water partition coefficient (Wildman–Crippen LogP) is 4.01. The van der Waals surface area contributed by atoms with Gasteiger partial charge < -0.3 is 10.5 Å². The first-order valence-electron chi connectivity index (χ1n) is 10.4. The molecule has 0 unspecified atom stereocenters. The number of ether oxygens (including phenoxy) is 1. The Labute approximate surface area is 190 Å².